The van der Waals surface area contributed by atoms with E-state index in [4.69, 9.17) is 0 Å². The van der Waals surface area contributed by atoms with E-state index in [1.165, 1.54) is 17.1 Å². The molecule has 3 rings (SSSR count). The second-order valence-corrected chi connectivity index (χ2v) is 5.23. The fraction of sp³-hybridized carbons (Fsp3) is 0.133. The van der Waals surface area contributed by atoms with Gasteiger partial charge in [0.1, 0.15) is 5.52 Å². The highest BCUT2D eigenvalue weighted by atomic mass is 32.1. The summed E-state index contributed by atoms with van der Waals surface area (Å²) in [6.07, 6.45) is 0.826. The first-order valence-electron chi connectivity index (χ1n) is 6.37. The zero-order chi connectivity index (χ0) is 13.8. The summed E-state index contributed by atoms with van der Waals surface area (Å²) in [6, 6.07) is 15.6. The van der Waals surface area contributed by atoms with Crippen LogP contribution in [0.25, 0.3) is 10.2 Å². The van der Waals surface area contributed by atoms with E-state index in [-0.39, 0.29) is 5.91 Å². The highest BCUT2D eigenvalue weighted by molar-refractivity contribution is 7.12. The predicted molar refractivity (Wildman–Crippen MR) is 79.9 cm³/mol. The molecule has 0 atom stereocenters. The van der Waals surface area contributed by atoms with Crippen molar-refractivity contribution in [3.05, 3.63) is 59.7 Å². The largest absolute Gasteiger partial charge is 0.352 e. The van der Waals surface area contributed by atoms with E-state index in [9.17, 15) is 4.79 Å². The van der Waals surface area contributed by atoms with E-state index in [1.807, 2.05) is 24.3 Å². The molecule has 100 valence electrons. The third-order valence-corrected chi connectivity index (χ3v) is 3.76. The number of aromatic nitrogens is 2. The lowest BCUT2D eigenvalue weighted by atomic mass is 10.1. The fourth-order valence-corrected chi connectivity index (χ4v) is 2.53. The van der Waals surface area contributed by atoms with Gasteiger partial charge in [0.15, 0.2) is 0 Å². The van der Waals surface area contributed by atoms with Crippen LogP contribution in [0.5, 0.6) is 0 Å². The van der Waals surface area contributed by atoms with Gasteiger partial charge in [-0.15, -0.1) is 5.10 Å². The maximum Gasteiger partial charge on any atom is 0.251 e. The fourth-order valence-electron chi connectivity index (χ4n) is 1.99. The molecular weight excluding hydrogens is 270 g/mol. The van der Waals surface area contributed by atoms with Crippen LogP contribution >= 0.6 is 11.5 Å². The first kappa shape index (κ1) is 12.7. The van der Waals surface area contributed by atoms with Gasteiger partial charge in [0.2, 0.25) is 0 Å². The van der Waals surface area contributed by atoms with E-state index in [0.717, 1.165) is 16.6 Å². The van der Waals surface area contributed by atoms with Gasteiger partial charge in [-0.3, -0.25) is 4.79 Å². The molecule has 0 radical (unpaired) electrons. The van der Waals surface area contributed by atoms with Crippen molar-refractivity contribution in [1.29, 1.82) is 0 Å². The Balaban J connectivity index is 1.61. The Morgan fingerprint density at radius 3 is 2.85 bits per heavy atom. The third-order valence-electron chi connectivity index (χ3n) is 3.05. The van der Waals surface area contributed by atoms with Crippen LogP contribution in [-0.2, 0) is 6.42 Å². The number of rotatable bonds is 4. The summed E-state index contributed by atoms with van der Waals surface area (Å²) in [4.78, 5) is 12.0. The Hall–Kier alpha value is -2.27. The minimum atomic E-state index is -0.0733. The molecule has 0 unspecified atom stereocenters. The number of carbonyl (C=O) groups is 1. The standard InChI is InChI=1S/C15H13N3OS/c19-15(16-9-8-11-4-2-1-3-5-11)12-6-7-14-13(10-12)17-18-20-14/h1-7,10H,8-9H2,(H,16,19). The first-order valence-corrected chi connectivity index (χ1v) is 7.14. The van der Waals surface area contributed by atoms with Crippen molar-refractivity contribution < 1.29 is 4.79 Å². The topological polar surface area (TPSA) is 54.9 Å². The first-order chi connectivity index (χ1) is 9.83. The zero-order valence-corrected chi connectivity index (χ0v) is 11.6. The highest BCUT2D eigenvalue weighted by Crippen LogP contribution is 2.16. The molecule has 1 heterocycles. The SMILES string of the molecule is O=C(NCCc1ccccc1)c1ccc2snnc2c1. The molecule has 0 aliphatic heterocycles. The van der Waals surface area contributed by atoms with Gasteiger partial charge in [-0.1, -0.05) is 34.8 Å². The van der Waals surface area contributed by atoms with E-state index in [1.54, 1.807) is 12.1 Å². The Labute approximate surface area is 120 Å². The normalized spacial score (nSPS) is 10.6. The number of nitrogens with zero attached hydrogens (tertiary/aromatic N) is 2. The lowest BCUT2D eigenvalue weighted by molar-refractivity contribution is 0.0954. The van der Waals surface area contributed by atoms with Crippen molar-refractivity contribution >= 4 is 27.7 Å². The molecule has 0 fully saturated rings. The molecule has 2 aromatic carbocycles. The average molecular weight is 283 g/mol. The average Bonchev–Trinajstić information content (AvgIpc) is 2.95. The number of benzene rings is 2. The minimum Gasteiger partial charge on any atom is -0.352 e. The van der Waals surface area contributed by atoms with Gasteiger partial charge in [-0.2, -0.15) is 0 Å². The van der Waals surface area contributed by atoms with Crippen LogP contribution in [0.15, 0.2) is 48.5 Å². The van der Waals surface area contributed by atoms with Gasteiger partial charge in [0, 0.05) is 12.1 Å². The molecule has 0 saturated carbocycles. The van der Waals surface area contributed by atoms with E-state index in [2.05, 4.69) is 27.0 Å². The van der Waals surface area contributed by atoms with Crippen LogP contribution in [0, 0.1) is 0 Å². The Morgan fingerprint density at radius 1 is 1.15 bits per heavy atom. The number of amides is 1. The maximum absolute atomic E-state index is 12.0. The van der Waals surface area contributed by atoms with Crippen molar-refractivity contribution in [2.45, 2.75) is 6.42 Å². The van der Waals surface area contributed by atoms with Crippen LogP contribution in [-0.4, -0.2) is 22.0 Å². The second-order valence-electron chi connectivity index (χ2n) is 4.45. The Kier molecular flexibility index (Phi) is 3.69. The monoisotopic (exact) mass is 283 g/mol. The molecule has 1 aromatic heterocycles. The molecular formula is C15H13N3OS. The molecule has 5 heteroatoms. The Bertz CT molecular complexity index is 724. The van der Waals surface area contributed by atoms with E-state index >= 15 is 0 Å². The van der Waals surface area contributed by atoms with Gasteiger partial charge in [-0.05, 0) is 41.7 Å². The summed E-state index contributed by atoms with van der Waals surface area (Å²) in [5.74, 6) is -0.0733. The zero-order valence-electron chi connectivity index (χ0n) is 10.7. The van der Waals surface area contributed by atoms with Crippen LogP contribution in [0.4, 0.5) is 0 Å². The summed E-state index contributed by atoms with van der Waals surface area (Å²) >= 11 is 1.33. The van der Waals surface area contributed by atoms with Crippen LogP contribution < -0.4 is 5.32 Å². The van der Waals surface area contributed by atoms with Gasteiger partial charge >= 0.3 is 0 Å². The molecule has 4 nitrogen and oxygen atoms in total. The lowest BCUT2D eigenvalue weighted by Gasteiger charge is -2.05. The minimum absolute atomic E-state index is 0.0733. The molecule has 0 saturated heterocycles. The molecule has 0 spiro atoms. The summed E-state index contributed by atoms with van der Waals surface area (Å²) < 4.78 is 4.86. The smallest absolute Gasteiger partial charge is 0.251 e. The van der Waals surface area contributed by atoms with Gasteiger partial charge < -0.3 is 5.32 Å². The number of nitrogens with one attached hydrogen (secondary N) is 1. The molecule has 0 aliphatic carbocycles. The van der Waals surface area contributed by atoms with Crippen LogP contribution in [0.2, 0.25) is 0 Å². The summed E-state index contributed by atoms with van der Waals surface area (Å²) in [5.41, 5.74) is 2.61. The predicted octanol–water partition coefficient (Wildman–Crippen LogP) is 2.66. The molecule has 0 bridgehead atoms. The van der Waals surface area contributed by atoms with Gasteiger partial charge in [-0.25, -0.2) is 0 Å². The lowest BCUT2D eigenvalue weighted by Crippen LogP contribution is -2.25. The quantitative estimate of drug-likeness (QED) is 0.801. The summed E-state index contributed by atoms with van der Waals surface area (Å²) in [5, 5.41) is 6.90. The number of carbonyl (C=O) groups excluding carboxylic acids is 1. The van der Waals surface area contributed by atoms with E-state index in [0.29, 0.717) is 12.1 Å². The van der Waals surface area contributed by atoms with Crippen molar-refractivity contribution in [2.24, 2.45) is 0 Å². The third kappa shape index (κ3) is 2.83. The summed E-state index contributed by atoms with van der Waals surface area (Å²) in [6.45, 7) is 0.621. The van der Waals surface area contributed by atoms with Crippen molar-refractivity contribution in [2.75, 3.05) is 6.54 Å². The molecule has 3 aromatic rings. The molecule has 20 heavy (non-hydrogen) atoms. The van der Waals surface area contributed by atoms with Crippen LogP contribution in [0.3, 0.4) is 0 Å². The second kappa shape index (κ2) is 5.79. The number of hydrogen-bond donors (Lipinski definition) is 1. The maximum atomic E-state index is 12.0. The molecule has 0 aliphatic rings. The van der Waals surface area contributed by atoms with Gasteiger partial charge in [0.25, 0.3) is 5.91 Å². The Morgan fingerprint density at radius 2 is 2.00 bits per heavy atom. The van der Waals surface area contributed by atoms with Crippen molar-refractivity contribution in [3.8, 4) is 0 Å². The summed E-state index contributed by atoms with van der Waals surface area (Å²) in [7, 11) is 0. The highest BCUT2D eigenvalue weighted by Gasteiger charge is 2.07. The molecule has 1 amide bonds. The van der Waals surface area contributed by atoms with E-state index < -0.39 is 0 Å². The van der Waals surface area contributed by atoms with Crippen LogP contribution in [0.1, 0.15) is 15.9 Å². The number of fused-ring (bicyclic) bond motifs is 1. The van der Waals surface area contributed by atoms with Gasteiger partial charge in [0.05, 0.1) is 4.70 Å². The van der Waals surface area contributed by atoms with Crippen molar-refractivity contribution in [1.82, 2.24) is 14.9 Å². The van der Waals surface area contributed by atoms with Crippen molar-refractivity contribution in [3.63, 3.8) is 0 Å². The number of hydrogen-bond acceptors (Lipinski definition) is 4. The molecule has 1 N–H and O–H groups in total.